The quantitative estimate of drug-likeness (QED) is 0.128. The van der Waals surface area contributed by atoms with Gasteiger partial charge in [-0.2, -0.15) is 0 Å². The summed E-state index contributed by atoms with van der Waals surface area (Å²) in [5, 5.41) is 4.85. The summed E-state index contributed by atoms with van der Waals surface area (Å²) in [6, 6.07) is 103. The molecule has 4 nitrogen and oxygen atoms in total. The second-order valence-corrected chi connectivity index (χ2v) is 21.3. The molecule has 0 radical (unpaired) electrons. The highest BCUT2D eigenvalue weighted by molar-refractivity contribution is 6.13. The fourth-order valence-corrected chi connectivity index (χ4v) is 12.0. The Bertz CT molecular complexity index is 4210. The zero-order valence-electron chi connectivity index (χ0n) is 45.3. The third-order valence-corrected chi connectivity index (χ3v) is 15.9. The molecule has 0 unspecified atom stereocenters. The van der Waals surface area contributed by atoms with E-state index in [4.69, 9.17) is 0 Å². The Morgan fingerprint density at radius 2 is 0.575 bits per heavy atom. The Hall–Kier alpha value is -10.2. The van der Waals surface area contributed by atoms with E-state index in [1.54, 1.807) is 0 Å². The lowest BCUT2D eigenvalue weighted by Gasteiger charge is -2.31. The van der Waals surface area contributed by atoms with Gasteiger partial charge in [0.1, 0.15) is 0 Å². The van der Waals surface area contributed by atoms with E-state index in [1.165, 1.54) is 65.9 Å². The van der Waals surface area contributed by atoms with Crippen LogP contribution in [0.2, 0.25) is 0 Å². The zero-order chi connectivity index (χ0) is 53.8. The first-order valence-electron chi connectivity index (χ1n) is 27.6. The van der Waals surface area contributed by atoms with Gasteiger partial charge >= 0.3 is 0 Å². The lowest BCUT2D eigenvalue weighted by Crippen LogP contribution is -2.14. The summed E-state index contributed by atoms with van der Waals surface area (Å²) in [5.74, 6) is 0. The summed E-state index contributed by atoms with van der Waals surface area (Å²) < 4.78 is 4.80. The van der Waals surface area contributed by atoms with E-state index < -0.39 is 0 Å². The van der Waals surface area contributed by atoms with E-state index in [1.807, 2.05) is 0 Å². The molecule has 80 heavy (non-hydrogen) atoms. The fraction of sp³-hybridized carbons (Fsp3) is 0.0526. The molecular weight excluding hydrogens is 969 g/mol. The number of aryl methyl sites for hydroxylation is 4. The van der Waals surface area contributed by atoms with Gasteiger partial charge in [-0.25, -0.2) is 0 Å². The molecule has 0 aliphatic heterocycles. The topological polar surface area (TPSA) is 16.3 Å². The maximum atomic E-state index is 2.43. The van der Waals surface area contributed by atoms with Crippen LogP contribution < -0.4 is 9.80 Å². The SMILES string of the molecule is Cc1ccc(N(c2ccc(C)cc2)c2cc(-c3c(-c4ccc5c(c4)c4ccccc4n5-c4ccccc4)cccc3-c3ccc4c(c3)c3ccccc3n4-c3ccccc3)cc(N(c3ccc(C)cc3)c3ccc(C)cc3)c2)cc1. The summed E-state index contributed by atoms with van der Waals surface area (Å²) in [4.78, 5) is 4.84. The van der Waals surface area contributed by atoms with Crippen LogP contribution in [0.5, 0.6) is 0 Å². The van der Waals surface area contributed by atoms with Gasteiger partial charge in [-0.15, -0.1) is 0 Å². The maximum absolute atomic E-state index is 2.43. The van der Waals surface area contributed by atoms with Crippen molar-refractivity contribution in [1.29, 1.82) is 0 Å². The van der Waals surface area contributed by atoms with Crippen molar-refractivity contribution in [2.45, 2.75) is 27.7 Å². The van der Waals surface area contributed by atoms with E-state index in [0.717, 1.165) is 78.9 Å². The average molecular weight is 1030 g/mol. The molecule has 2 heterocycles. The Morgan fingerprint density at radius 1 is 0.237 bits per heavy atom. The van der Waals surface area contributed by atoms with Gasteiger partial charge in [-0.05, 0) is 188 Å². The Balaban J connectivity index is 1.09. The summed E-state index contributed by atoms with van der Waals surface area (Å²) >= 11 is 0. The highest BCUT2D eigenvalue weighted by Crippen LogP contribution is 2.49. The molecule has 0 saturated heterocycles. The largest absolute Gasteiger partial charge is 0.310 e. The van der Waals surface area contributed by atoms with Crippen molar-refractivity contribution < 1.29 is 0 Å². The number of anilines is 6. The smallest absolute Gasteiger partial charge is 0.0541 e. The Kier molecular flexibility index (Phi) is 12.1. The predicted octanol–water partition coefficient (Wildman–Crippen LogP) is 21.1. The molecule has 14 aromatic rings. The van der Waals surface area contributed by atoms with Crippen molar-refractivity contribution in [2.24, 2.45) is 0 Å². The number of nitrogens with zero attached hydrogens (tertiary/aromatic N) is 4. The van der Waals surface area contributed by atoms with Crippen LogP contribution in [0.15, 0.2) is 279 Å². The van der Waals surface area contributed by atoms with Crippen molar-refractivity contribution in [3.8, 4) is 44.8 Å². The third kappa shape index (κ3) is 8.59. The standard InChI is InChI=1S/C76H58N4/c1-51-26-36-60(37-27-51)77(61-38-28-52(2)29-39-61)64-46-57(47-65(50-64)78(62-40-30-53(3)31-41-62)63-42-32-54(4)33-43-63)76-66(55-34-44-74-70(48-55)68-20-11-13-24-72(68)79(74)58-16-7-5-8-17-58)22-15-23-67(76)56-35-45-75-71(49-56)69-21-12-14-25-73(69)80(75)59-18-9-6-10-19-59/h5-50H,1-4H3. The molecule has 0 aliphatic rings. The molecule has 0 aliphatic carbocycles. The first kappa shape index (κ1) is 48.2. The highest BCUT2D eigenvalue weighted by Gasteiger charge is 2.24. The van der Waals surface area contributed by atoms with E-state index in [9.17, 15) is 0 Å². The predicted molar refractivity (Wildman–Crippen MR) is 340 cm³/mol. The minimum Gasteiger partial charge on any atom is -0.310 e. The van der Waals surface area contributed by atoms with Crippen molar-refractivity contribution >= 4 is 77.7 Å². The Morgan fingerprint density at radius 3 is 0.950 bits per heavy atom. The zero-order valence-corrected chi connectivity index (χ0v) is 45.3. The molecule has 0 atom stereocenters. The van der Waals surface area contributed by atoms with Gasteiger partial charge in [0.05, 0.1) is 22.1 Å². The van der Waals surface area contributed by atoms with Gasteiger partial charge in [0.2, 0.25) is 0 Å². The number of aromatic nitrogens is 2. The molecule has 4 heteroatoms. The van der Waals surface area contributed by atoms with Gasteiger partial charge in [-0.1, -0.05) is 174 Å². The van der Waals surface area contributed by atoms with Gasteiger partial charge in [0, 0.05) is 67.0 Å². The monoisotopic (exact) mass is 1030 g/mol. The summed E-state index contributed by atoms with van der Waals surface area (Å²) in [5.41, 5.74) is 25.0. The fourth-order valence-electron chi connectivity index (χ4n) is 12.0. The number of fused-ring (bicyclic) bond motifs is 6. The van der Waals surface area contributed by atoms with Crippen LogP contribution in [0.25, 0.3) is 88.4 Å². The molecule has 14 rings (SSSR count). The number of rotatable bonds is 11. The van der Waals surface area contributed by atoms with Gasteiger partial charge < -0.3 is 18.9 Å². The number of benzene rings is 12. The molecule has 0 amide bonds. The lowest BCUT2D eigenvalue weighted by molar-refractivity contribution is 1.18. The second kappa shape index (κ2) is 20.0. The first-order chi connectivity index (χ1) is 39.3. The third-order valence-electron chi connectivity index (χ3n) is 15.9. The van der Waals surface area contributed by atoms with E-state index in [-0.39, 0.29) is 0 Å². The van der Waals surface area contributed by atoms with Crippen LogP contribution in [0, 0.1) is 27.7 Å². The minimum absolute atomic E-state index is 1.04. The van der Waals surface area contributed by atoms with Crippen LogP contribution in [0.1, 0.15) is 22.3 Å². The summed E-state index contributed by atoms with van der Waals surface area (Å²) in [7, 11) is 0. The molecule has 12 aromatic carbocycles. The molecular formula is C76H58N4. The Labute approximate surface area is 467 Å². The molecule has 0 bridgehead atoms. The van der Waals surface area contributed by atoms with Crippen LogP contribution >= 0.6 is 0 Å². The van der Waals surface area contributed by atoms with Gasteiger partial charge in [0.25, 0.3) is 0 Å². The van der Waals surface area contributed by atoms with E-state index in [2.05, 4.69) is 326 Å². The number of hydrogen-bond acceptors (Lipinski definition) is 2. The summed E-state index contributed by atoms with van der Waals surface area (Å²) in [6.45, 7) is 8.63. The normalized spacial score (nSPS) is 11.5. The van der Waals surface area contributed by atoms with Crippen LogP contribution in [-0.4, -0.2) is 9.13 Å². The van der Waals surface area contributed by atoms with Crippen molar-refractivity contribution in [3.63, 3.8) is 0 Å². The van der Waals surface area contributed by atoms with Crippen molar-refractivity contribution in [1.82, 2.24) is 9.13 Å². The van der Waals surface area contributed by atoms with Gasteiger partial charge in [0.15, 0.2) is 0 Å². The first-order valence-corrected chi connectivity index (χ1v) is 27.6. The average Bonchev–Trinajstić information content (AvgIpc) is 4.14. The number of hydrogen-bond donors (Lipinski definition) is 0. The number of para-hydroxylation sites is 4. The molecule has 0 spiro atoms. The summed E-state index contributed by atoms with van der Waals surface area (Å²) in [6.07, 6.45) is 0. The molecule has 2 aromatic heterocycles. The highest BCUT2D eigenvalue weighted by atomic mass is 15.2. The minimum atomic E-state index is 1.04. The van der Waals surface area contributed by atoms with E-state index >= 15 is 0 Å². The van der Waals surface area contributed by atoms with E-state index in [0.29, 0.717) is 0 Å². The van der Waals surface area contributed by atoms with Crippen LogP contribution in [0.4, 0.5) is 34.1 Å². The molecule has 0 N–H and O–H groups in total. The molecule has 382 valence electrons. The van der Waals surface area contributed by atoms with Gasteiger partial charge in [-0.3, -0.25) is 0 Å². The second-order valence-electron chi connectivity index (χ2n) is 21.3. The molecule has 0 saturated carbocycles. The van der Waals surface area contributed by atoms with Crippen LogP contribution in [0.3, 0.4) is 0 Å². The maximum Gasteiger partial charge on any atom is 0.0541 e. The van der Waals surface area contributed by atoms with Crippen molar-refractivity contribution in [2.75, 3.05) is 9.80 Å². The van der Waals surface area contributed by atoms with Crippen LogP contribution in [-0.2, 0) is 0 Å². The molecule has 0 fully saturated rings. The lowest BCUT2D eigenvalue weighted by atomic mass is 9.86. The van der Waals surface area contributed by atoms with Crippen molar-refractivity contribution in [3.05, 3.63) is 301 Å².